The van der Waals surface area contributed by atoms with Crippen molar-refractivity contribution in [1.82, 2.24) is 9.47 Å². The Morgan fingerprint density at radius 1 is 1.20 bits per heavy atom. The third kappa shape index (κ3) is 1.90. The number of quaternary nitrogens is 1. The van der Waals surface area contributed by atoms with Crippen LogP contribution in [0.1, 0.15) is 19.3 Å². The number of amides is 1. The minimum Gasteiger partial charge on any atom is -0.264 e. The van der Waals surface area contributed by atoms with Crippen molar-refractivity contribution in [3.8, 4) is 0 Å². The van der Waals surface area contributed by atoms with E-state index in [1.165, 1.54) is 6.42 Å². The first kappa shape index (κ1) is 10.6. The fraction of sp³-hybridized carbons (Fsp3) is 0.455. The molecule has 0 bridgehead atoms. The highest BCUT2D eigenvalue weighted by atomic mass is 35.5. The minimum atomic E-state index is -0.277. The number of rotatable bonds is 1. The van der Waals surface area contributed by atoms with E-state index in [2.05, 4.69) is 4.98 Å². The molecule has 2 rings (SSSR count). The Kier molecular flexibility index (Phi) is 3.03. The van der Waals surface area contributed by atoms with Crippen molar-refractivity contribution in [2.75, 3.05) is 13.1 Å². The maximum absolute atomic E-state index is 11.6. The van der Waals surface area contributed by atoms with Gasteiger partial charge in [0.1, 0.15) is 5.69 Å². The number of nitrogens with zero attached hydrogens (tertiary/aromatic N) is 2. The SMILES string of the molecule is O=C(Cl)[N+]1(c2ccncc2)CCCCC1. The van der Waals surface area contributed by atoms with Crippen LogP contribution in [-0.2, 0) is 0 Å². The maximum atomic E-state index is 11.6. The van der Waals surface area contributed by atoms with E-state index < -0.39 is 0 Å². The molecular weight excluding hydrogens is 212 g/mol. The number of piperidine rings is 1. The molecule has 0 unspecified atom stereocenters. The molecule has 1 amide bonds. The van der Waals surface area contributed by atoms with Crippen LogP contribution in [0.2, 0.25) is 0 Å². The molecule has 0 atom stereocenters. The van der Waals surface area contributed by atoms with Crippen molar-refractivity contribution in [2.24, 2.45) is 0 Å². The Hall–Kier alpha value is -0.930. The van der Waals surface area contributed by atoms with Gasteiger partial charge in [0.05, 0.1) is 13.1 Å². The van der Waals surface area contributed by atoms with Gasteiger partial charge in [-0.1, -0.05) is 0 Å². The molecule has 4 heteroatoms. The highest BCUT2D eigenvalue weighted by Gasteiger charge is 2.39. The summed E-state index contributed by atoms with van der Waals surface area (Å²) in [5.41, 5.74) is 0.963. The normalized spacial score (nSPS) is 19.8. The maximum Gasteiger partial charge on any atom is 0.416 e. The van der Waals surface area contributed by atoms with E-state index in [-0.39, 0.29) is 9.85 Å². The highest BCUT2D eigenvalue weighted by Crippen LogP contribution is 2.29. The lowest BCUT2D eigenvalue weighted by Crippen LogP contribution is -2.54. The molecule has 80 valence electrons. The fourth-order valence-corrected chi connectivity index (χ4v) is 2.48. The number of carbonyl (C=O) groups is 1. The lowest BCUT2D eigenvalue weighted by molar-refractivity contribution is 0.210. The molecule has 2 heterocycles. The second kappa shape index (κ2) is 4.29. The largest absolute Gasteiger partial charge is 0.416 e. The zero-order chi connectivity index (χ0) is 10.7. The van der Waals surface area contributed by atoms with Gasteiger partial charge in [-0.05, 0) is 19.3 Å². The van der Waals surface area contributed by atoms with E-state index >= 15 is 0 Å². The molecular formula is C11H14ClN2O+. The van der Waals surface area contributed by atoms with Gasteiger partial charge in [-0.3, -0.25) is 4.98 Å². The van der Waals surface area contributed by atoms with Crippen molar-refractivity contribution in [3.05, 3.63) is 24.5 Å². The summed E-state index contributed by atoms with van der Waals surface area (Å²) in [6, 6.07) is 3.76. The molecule has 0 spiro atoms. The molecule has 1 aromatic rings. The summed E-state index contributed by atoms with van der Waals surface area (Å²) in [4.78, 5) is 15.6. The summed E-state index contributed by atoms with van der Waals surface area (Å²) < 4.78 is 0.282. The van der Waals surface area contributed by atoms with Crippen LogP contribution in [0.5, 0.6) is 0 Å². The molecule has 3 nitrogen and oxygen atoms in total. The number of pyridine rings is 1. The number of carbonyl (C=O) groups excluding carboxylic acids is 1. The van der Waals surface area contributed by atoms with Crippen LogP contribution in [-0.4, -0.2) is 23.4 Å². The molecule has 0 radical (unpaired) electrons. The van der Waals surface area contributed by atoms with Crippen LogP contribution in [0.3, 0.4) is 0 Å². The van der Waals surface area contributed by atoms with Crippen molar-refractivity contribution in [1.29, 1.82) is 0 Å². The second-order valence-corrected chi connectivity index (χ2v) is 4.26. The molecule has 0 N–H and O–H groups in total. The lowest BCUT2D eigenvalue weighted by atomic mass is 10.1. The second-order valence-electron chi connectivity index (χ2n) is 3.93. The van der Waals surface area contributed by atoms with Gasteiger partial charge in [0.2, 0.25) is 0 Å². The van der Waals surface area contributed by atoms with Crippen molar-refractivity contribution in [2.45, 2.75) is 19.3 Å². The van der Waals surface area contributed by atoms with Gasteiger partial charge < -0.3 is 0 Å². The number of hydrogen-bond acceptors (Lipinski definition) is 2. The number of hydrogen-bond donors (Lipinski definition) is 0. The van der Waals surface area contributed by atoms with Crippen LogP contribution in [0.4, 0.5) is 10.5 Å². The molecule has 1 aliphatic heterocycles. The van der Waals surface area contributed by atoms with Gasteiger partial charge in [0.15, 0.2) is 0 Å². The predicted molar refractivity (Wildman–Crippen MR) is 60.9 cm³/mol. The average molecular weight is 226 g/mol. The summed E-state index contributed by atoms with van der Waals surface area (Å²) in [6.07, 6.45) is 6.73. The van der Waals surface area contributed by atoms with Crippen LogP contribution in [0, 0.1) is 0 Å². The van der Waals surface area contributed by atoms with Crippen molar-refractivity contribution in [3.63, 3.8) is 0 Å². The molecule has 0 aliphatic carbocycles. The Morgan fingerprint density at radius 3 is 2.33 bits per heavy atom. The topological polar surface area (TPSA) is 30.0 Å². The molecule has 15 heavy (non-hydrogen) atoms. The Balaban J connectivity index is 2.38. The first-order chi connectivity index (χ1) is 7.26. The first-order valence-electron chi connectivity index (χ1n) is 5.23. The number of likely N-dealkylation sites (tertiary alicyclic amines) is 1. The molecule has 1 aromatic heterocycles. The zero-order valence-corrected chi connectivity index (χ0v) is 9.28. The zero-order valence-electron chi connectivity index (χ0n) is 8.53. The Morgan fingerprint density at radius 2 is 1.80 bits per heavy atom. The van der Waals surface area contributed by atoms with Gasteiger partial charge in [-0.2, -0.15) is 0 Å². The summed E-state index contributed by atoms with van der Waals surface area (Å²) in [6.45, 7) is 1.62. The van der Waals surface area contributed by atoms with Gasteiger partial charge in [-0.25, -0.2) is 9.28 Å². The van der Waals surface area contributed by atoms with Crippen molar-refractivity contribution >= 4 is 22.7 Å². The van der Waals surface area contributed by atoms with Gasteiger partial charge in [-0.15, -0.1) is 0 Å². The van der Waals surface area contributed by atoms with Crippen LogP contribution >= 0.6 is 11.6 Å². The summed E-state index contributed by atoms with van der Waals surface area (Å²) in [5.74, 6) is 0. The highest BCUT2D eigenvalue weighted by molar-refractivity contribution is 6.64. The third-order valence-corrected chi connectivity index (χ3v) is 3.40. The standard InChI is InChI=1S/C11H14ClN2O/c12-11(15)14(8-2-1-3-9-14)10-4-6-13-7-5-10/h4-7H,1-3,8-9H2/q+1. The minimum absolute atomic E-state index is 0.277. The average Bonchev–Trinajstić information content (AvgIpc) is 2.31. The van der Waals surface area contributed by atoms with E-state index in [1.807, 2.05) is 12.1 Å². The Bertz CT molecular complexity index is 347. The van der Waals surface area contributed by atoms with Crippen molar-refractivity contribution < 1.29 is 4.79 Å². The molecule has 1 saturated heterocycles. The Labute approximate surface area is 94.3 Å². The summed E-state index contributed by atoms with van der Waals surface area (Å²) in [7, 11) is 0. The molecule has 1 fully saturated rings. The van der Waals surface area contributed by atoms with E-state index in [1.54, 1.807) is 12.4 Å². The van der Waals surface area contributed by atoms with E-state index in [9.17, 15) is 4.79 Å². The number of aromatic nitrogens is 1. The quantitative estimate of drug-likeness (QED) is 0.418. The lowest BCUT2D eigenvalue weighted by Gasteiger charge is -2.36. The van der Waals surface area contributed by atoms with Gasteiger partial charge >= 0.3 is 5.37 Å². The third-order valence-electron chi connectivity index (χ3n) is 3.07. The van der Waals surface area contributed by atoms with Gasteiger partial charge in [0.25, 0.3) is 0 Å². The number of halogens is 1. The smallest absolute Gasteiger partial charge is 0.264 e. The van der Waals surface area contributed by atoms with Gasteiger partial charge in [0, 0.05) is 36.1 Å². The van der Waals surface area contributed by atoms with Crippen LogP contribution < -0.4 is 4.48 Å². The fourth-order valence-electron chi connectivity index (χ4n) is 2.22. The summed E-state index contributed by atoms with van der Waals surface area (Å²) in [5, 5.41) is -0.277. The van der Waals surface area contributed by atoms with E-state index in [0.29, 0.717) is 0 Å². The molecule has 0 aromatic carbocycles. The summed E-state index contributed by atoms with van der Waals surface area (Å²) >= 11 is 5.76. The van der Waals surface area contributed by atoms with Crippen LogP contribution in [0.15, 0.2) is 24.5 Å². The monoisotopic (exact) mass is 225 g/mol. The molecule has 1 aliphatic rings. The molecule has 0 saturated carbocycles. The van der Waals surface area contributed by atoms with Crippen LogP contribution in [0.25, 0.3) is 0 Å². The first-order valence-corrected chi connectivity index (χ1v) is 5.61. The van der Waals surface area contributed by atoms with E-state index in [4.69, 9.17) is 11.6 Å². The van der Waals surface area contributed by atoms with E-state index in [0.717, 1.165) is 31.6 Å². The predicted octanol–water partition coefficient (Wildman–Crippen LogP) is 2.93.